The molecule has 1 aromatic carbocycles. The van der Waals surface area contributed by atoms with Crippen molar-refractivity contribution < 1.29 is 13.6 Å². The average molecular weight is 333 g/mol. The van der Waals surface area contributed by atoms with Crippen molar-refractivity contribution in [3.63, 3.8) is 0 Å². The quantitative estimate of drug-likeness (QED) is 0.777. The van der Waals surface area contributed by atoms with E-state index in [1.165, 1.54) is 11.0 Å². The minimum Gasteiger partial charge on any atom is -0.336 e. The normalized spacial score (nSPS) is 16.7. The van der Waals surface area contributed by atoms with Crippen LogP contribution in [0.4, 0.5) is 8.78 Å². The number of hydrogen-bond donors (Lipinski definition) is 0. The van der Waals surface area contributed by atoms with Crippen molar-refractivity contribution in [3.05, 3.63) is 33.8 Å². The third-order valence-electron chi connectivity index (χ3n) is 3.36. The molecule has 6 heteroatoms. The predicted octanol–water partition coefficient (Wildman–Crippen LogP) is 2.51. The van der Waals surface area contributed by atoms with E-state index in [4.69, 9.17) is 0 Å². The first-order valence-corrected chi connectivity index (χ1v) is 6.99. The van der Waals surface area contributed by atoms with E-state index < -0.39 is 23.1 Å². The second-order valence-electron chi connectivity index (χ2n) is 4.44. The topological polar surface area (TPSA) is 23.6 Å². The second-order valence-corrected chi connectivity index (χ2v) is 5.30. The minimum atomic E-state index is -0.831. The maximum atomic E-state index is 13.9. The van der Waals surface area contributed by atoms with Gasteiger partial charge in [-0.15, -0.1) is 0 Å². The highest BCUT2D eigenvalue weighted by Crippen LogP contribution is 2.23. The monoisotopic (exact) mass is 332 g/mol. The molecule has 104 valence electrons. The highest BCUT2D eigenvalue weighted by molar-refractivity contribution is 9.10. The molecule has 1 aromatic rings. The van der Waals surface area contributed by atoms with E-state index in [0.29, 0.717) is 13.1 Å². The third kappa shape index (κ3) is 2.95. The van der Waals surface area contributed by atoms with Gasteiger partial charge in [0.2, 0.25) is 0 Å². The molecular weight excluding hydrogens is 318 g/mol. The van der Waals surface area contributed by atoms with Crippen LogP contribution in [-0.4, -0.2) is 48.4 Å². The summed E-state index contributed by atoms with van der Waals surface area (Å²) in [5.74, 6) is -2.22. The Hall–Kier alpha value is -1.01. The number of hydrogen-bond acceptors (Lipinski definition) is 2. The smallest absolute Gasteiger partial charge is 0.259 e. The van der Waals surface area contributed by atoms with Crippen molar-refractivity contribution >= 4 is 21.8 Å². The molecule has 0 atom stereocenters. The maximum Gasteiger partial charge on any atom is 0.259 e. The van der Waals surface area contributed by atoms with Gasteiger partial charge in [0, 0.05) is 26.2 Å². The van der Waals surface area contributed by atoms with Crippen LogP contribution >= 0.6 is 15.9 Å². The van der Waals surface area contributed by atoms with Crippen molar-refractivity contribution in [2.24, 2.45) is 0 Å². The van der Waals surface area contributed by atoms with E-state index in [2.05, 4.69) is 20.8 Å². The number of rotatable bonds is 2. The van der Waals surface area contributed by atoms with E-state index in [1.54, 1.807) is 0 Å². The number of nitrogens with zero attached hydrogens (tertiary/aromatic N) is 2. The molecule has 1 saturated heterocycles. The summed E-state index contributed by atoms with van der Waals surface area (Å²) in [6, 6.07) is 2.36. The average Bonchev–Trinajstić information content (AvgIpc) is 2.43. The van der Waals surface area contributed by atoms with E-state index in [0.717, 1.165) is 25.7 Å². The van der Waals surface area contributed by atoms with Gasteiger partial charge >= 0.3 is 0 Å². The highest BCUT2D eigenvalue weighted by Gasteiger charge is 2.27. The van der Waals surface area contributed by atoms with Gasteiger partial charge in [0.25, 0.3) is 5.91 Å². The number of benzene rings is 1. The zero-order valence-electron chi connectivity index (χ0n) is 10.6. The first kappa shape index (κ1) is 14.4. The molecule has 2 rings (SSSR count). The van der Waals surface area contributed by atoms with Crippen LogP contribution in [0.1, 0.15) is 17.3 Å². The first-order valence-electron chi connectivity index (χ1n) is 6.19. The molecule has 0 saturated carbocycles. The van der Waals surface area contributed by atoms with Gasteiger partial charge in [-0.25, -0.2) is 8.78 Å². The van der Waals surface area contributed by atoms with Crippen molar-refractivity contribution in [2.45, 2.75) is 6.92 Å². The maximum absolute atomic E-state index is 13.9. The van der Waals surface area contributed by atoms with Crippen LogP contribution in [0, 0.1) is 11.6 Å². The molecule has 0 unspecified atom stereocenters. The van der Waals surface area contributed by atoms with Crippen LogP contribution in [-0.2, 0) is 0 Å². The number of amides is 1. The van der Waals surface area contributed by atoms with Gasteiger partial charge in [0.15, 0.2) is 5.82 Å². The minimum absolute atomic E-state index is 0.101. The fourth-order valence-corrected chi connectivity index (χ4v) is 2.48. The summed E-state index contributed by atoms with van der Waals surface area (Å²) in [6.45, 7) is 5.43. The van der Waals surface area contributed by atoms with Crippen LogP contribution in [0.5, 0.6) is 0 Å². The molecular formula is C13H15BrF2N2O. The largest absolute Gasteiger partial charge is 0.336 e. The Bertz CT molecular complexity index is 488. The standard InChI is InChI=1S/C13H15BrF2N2O/c1-2-17-5-7-18(8-6-17)13(19)11-10(15)4-3-9(14)12(11)16/h3-4H,2,5-8H2,1H3. The highest BCUT2D eigenvalue weighted by atomic mass is 79.9. The molecule has 1 amide bonds. The number of likely N-dealkylation sites (N-methyl/N-ethyl adjacent to an activating group) is 1. The summed E-state index contributed by atoms with van der Waals surface area (Å²) in [7, 11) is 0. The van der Waals surface area contributed by atoms with E-state index in [-0.39, 0.29) is 4.47 Å². The molecule has 1 heterocycles. The molecule has 1 fully saturated rings. The molecule has 0 bridgehead atoms. The molecule has 0 N–H and O–H groups in total. The van der Waals surface area contributed by atoms with Crippen molar-refractivity contribution in [3.8, 4) is 0 Å². The predicted molar refractivity (Wildman–Crippen MR) is 72.1 cm³/mol. The lowest BCUT2D eigenvalue weighted by Gasteiger charge is -2.34. The lowest BCUT2D eigenvalue weighted by molar-refractivity contribution is 0.0633. The summed E-state index contributed by atoms with van der Waals surface area (Å²) in [5, 5.41) is 0. The number of carbonyl (C=O) groups is 1. The van der Waals surface area contributed by atoms with Crippen molar-refractivity contribution in [1.29, 1.82) is 0 Å². The van der Waals surface area contributed by atoms with E-state index >= 15 is 0 Å². The molecule has 0 aliphatic carbocycles. The Kier molecular flexibility index (Phi) is 4.52. The van der Waals surface area contributed by atoms with Crippen LogP contribution in [0.25, 0.3) is 0 Å². The Morgan fingerprint density at radius 2 is 1.89 bits per heavy atom. The van der Waals surface area contributed by atoms with Crippen LogP contribution < -0.4 is 0 Å². The van der Waals surface area contributed by atoms with Crippen molar-refractivity contribution in [1.82, 2.24) is 9.80 Å². The summed E-state index contributed by atoms with van der Waals surface area (Å²) in [5.41, 5.74) is -0.473. The number of halogens is 3. The number of piperazine rings is 1. The van der Waals surface area contributed by atoms with Crippen LogP contribution in [0.2, 0.25) is 0 Å². The van der Waals surface area contributed by atoms with Crippen LogP contribution in [0.3, 0.4) is 0 Å². The van der Waals surface area contributed by atoms with Crippen molar-refractivity contribution in [2.75, 3.05) is 32.7 Å². The lowest BCUT2D eigenvalue weighted by atomic mass is 10.1. The lowest BCUT2D eigenvalue weighted by Crippen LogP contribution is -2.48. The molecule has 0 radical (unpaired) electrons. The Morgan fingerprint density at radius 3 is 2.47 bits per heavy atom. The Labute approximate surface area is 119 Å². The van der Waals surface area contributed by atoms with Gasteiger partial charge < -0.3 is 9.80 Å². The van der Waals surface area contributed by atoms with Crippen LogP contribution in [0.15, 0.2) is 16.6 Å². The molecule has 3 nitrogen and oxygen atoms in total. The van der Waals surface area contributed by atoms with Gasteiger partial charge in [-0.05, 0) is 34.6 Å². The fraction of sp³-hybridized carbons (Fsp3) is 0.462. The van der Waals surface area contributed by atoms with Gasteiger partial charge in [0.1, 0.15) is 11.4 Å². The molecule has 19 heavy (non-hydrogen) atoms. The number of carbonyl (C=O) groups excluding carboxylic acids is 1. The third-order valence-corrected chi connectivity index (χ3v) is 3.98. The van der Waals surface area contributed by atoms with E-state index in [1.807, 2.05) is 6.92 Å². The Balaban J connectivity index is 2.19. The molecule has 0 aromatic heterocycles. The zero-order valence-corrected chi connectivity index (χ0v) is 12.2. The fourth-order valence-electron chi connectivity index (χ4n) is 2.15. The Morgan fingerprint density at radius 1 is 1.26 bits per heavy atom. The summed E-state index contributed by atoms with van der Waals surface area (Å²) in [6.07, 6.45) is 0. The molecule has 1 aliphatic rings. The first-order chi connectivity index (χ1) is 9.04. The van der Waals surface area contributed by atoms with E-state index in [9.17, 15) is 13.6 Å². The van der Waals surface area contributed by atoms with Gasteiger partial charge in [-0.3, -0.25) is 4.79 Å². The summed E-state index contributed by atoms with van der Waals surface area (Å²) >= 11 is 2.97. The zero-order chi connectivity index (χ0) is 14.0. The SMILES string of the molecule is CCN1CCN(C(=O)c2c(F)ccc(Br)c2F)CC1. The molecule has 1 aliphatic heterocycles. The summed E-state index contributed by atoms with van der Waals surface area (Å²) in [4.78, 5) is 15.9. The molecule has 0 spiro atoms. The summed E-state index contributed by atoms with van der Waals surface area (Å²) < 4.78 is 27.6. The van der Waals surface area contributed by atoms with Gasteiger partial charge in [-0.1, -0.05) is 6.92 Å². The van der Waals surface area contributed by atoms with Gasteiger partial charge in [0.05, 0.1) is 4.47 Å². The second kappa shape index (κ2) is 5.96. The van der Waals surface area contributed by atoms with Gasteiger partial charge in [-0.2, -0.15) is 0 Å².